The van der Waals surface area contributed by atoms with Crippen LogP contribution in [0.25, 0.3) is 11.5 Å². The third-order valence-corrected chi connectivity index (χ3v) is 4.12. The van der Waals surface area contributed by atoms with Gasteiger partial charge in [0.1, 0.15) is 0 Å². The van der Waals surface area contributed by atoms with Crippen LogP contribution in [0.3, 0.4) is 0 Å². The van der Waals surface area contributed by atoms with E-state index in [0.29, 0.717) is 5.56 Å². The number of carbonyl (C=O) groups is 1. The van der Waals surface area contributed by atoms with Crippen molar-refractivity contribution in [2.24, 2.45) is 0 Å². The largest absolute Gasteiger partial charge is 0.455 e. The van der Waals surface area contributed by atoms with Crippen molar-refractivity contribution < 1.29 is 18.9 Å². The molecule has 0 saturated heterocycles. The lowest BCUT2D eigenvalue weighted by Gasteiger charge is -2.22. The molecule has 0 atom stereocenters. The summed E-state index contributed by atoms with van der Waals surface area (Å²) in [6, 6.07) is 15.0. The molecule has 27 heavy (non-hydrogen) atoms. The third-order valence-electron chi connectivity index (χ3n) is 4.12. The maximum Gasteiger partial charge on any atom is 0.316 e. The normalized spacial score (nSPS) is 11.2. The molecule has 0 fully saturated rings. The van der Waals surface area contributed by atoms with Gasteiger partial charge >= 0.3 is 5.97 Å². The van der Waals surface area contributed by atoms with Crippen LogP contribution in [0, 0.1) is 10.1 Å². The highest BCUT2D eigenvalue weighted by atomic mass is 16.6. The summed E-state index contributed by atoms with van der Waals surface area (Å²) in [5.74, 6) is -0.0809. The van der Waals surface area contributed by atoms with E-state index in [2.05, 4.69) is 10.2 Å². The zero-order valence-corrected chi connectivity index (χ0v) is 14.8. The number of benzene rings is 2. The van der Waals surface area contributed by atoms with Gasteiger partial charge in [-0.2, -0.15) is 0 Å². The lowest BCUT2D eigenvalue weighted by molar-refractivity contribution is -0.384. The molecular formula is C19H17N3O5. The molecule has 0 N–H and O–H groups in total. The Morgan fingerprint density at radius 2 is 1.78 bits per heavy atom. The van der Waals surface area contributed by atoms with Crippen LogP contribution in [0.5, 0.6) is 0 Å². The monoisotopic (exact) mass is 367 g/mol. The Bertz CT molecular complexity index is 949. The molecule has 3 rings (SSSR count). The summed E-state index contributed by atoms with van der Waals surface area (Å²) < 4.78 is 10.8. The summed E-state index contributed by atoms with van der Waals surface area (Å²) in [4.78, 5) is 22.6. The van der Waals surface area contributed by atoms with Crippen LogP contribution in [-0.4, -0.2) is 21.1 Å². The second-order valence-corrected chi connectivity index (χ2v) is 6.37. The third kappa shape index (κ3) is 4.00. The molecule has 0 aliphatic rings. The van der Waals surface area contributed by atoms with Gasteiger partial charge in [-0.1, -0.05) is 30.3 Å². The van der Waals surface area contributed by atoms with Crippen LogP contribution in [0.1, 0.15) is 25.3 Å². The first-order chi connectivity index (χ1) is 12.9. The number of hydrogen-bond acceptors (Lipinski definition) is 7. The van der Waals surface area contributed by atoms with Crippen molar-refractivity contribution >= 4 is 11.7 Å². The molecule has 0 bridgehead atoms. The van der Waals surface area contributed by atoms with Crippen LogP contribution in [0.15, 0.2) is 59.0 Å². The summed E-state index contributed by atoms with van der Waals surface area (Å²) in [6.07, 6.45) is 0. The summed E-state index contributed by atoms with van der Waals surface area (Å²) in [5, 5.41) is 18.4. The number of nitrogens with zero attached hydrogens (tertiary/aromatic N) is 3. The van der Waals surface area contributed by atoms with E-state index < -0.39 is 16.3 Å². The average Bonchev–Trinajstić information content (AvgIpc) is 3.16. The molecule has 2 aromatic carbocycles. The predicted octanol–water partition coefficient (Wildman–Crippen LogP) is 3.67. The Morgan fingerprint density at radius 3 is 2.41 bits per heavy atom. The van der Waals surface area contributed by atoms with Gasteiger partial charge in [0.05, 0.1) is 10.3 Å². The van der Waals surface area contributed by atoms with Gasteiger partial charge in [-0.05, 0) is 31.5 Å². The minimum atomic E-state index is -0.817. The summed E-state index contributed by atoms with van der Waals surface area (Å²) in [5.41, 5.74) is 0.528. The molecule has 0 unspecified atom stereocenters. The quantitative estimate of drug-likeness (QED) is 0.371. The van der Waals surface area contributed by atoms with Gasteiger partial charge in [-0.3, -0.25) is 14.9 Å². The van der Waals surface area contributed by atoms with Crippen LogP contribution in [-0.2, 0) is 21.6 Å². The van der Waals surface area contributed by atoms with Gasteiger partial charge < -0.3 is 9.15 Å². The van der Waals surface area contributed by atoms with Crippen molar-refractivity contribution in [3.63, 3.8) is 0 Å². The number of carbonyl (C=O) groups excluding carboxylic acids is 1. The Balaban J connectivity index is 1.66. The topological polar surface area (TPSA) is 108 Å². The zero-order valence-electron chi connectivity index (χ0n) is 14.8. The van der Waals surface area contributed by atoms with Crippen LogP contribution >= 0.6 is 0 Å². The minimum absolute atomic E-state index is 0.0319. The van der Waals surface area contributed by atoms with Gasteiger partial charge in [0.2, 0.25) is 5.89 Å². The van der Waals surface area contributed by atoms with Gasteiger partial charge in [0, 0.05) is 17.7 Å². The number of hydrogen-bond donors (Lipinski definition) is 0. The van der Waals surface area contributed by atoms with E-state index in [-0.39, 0.29) is 24.1 Å². The van der Waals surface area contributed by atoms with Crippen molar-refractivity contribution in [3.8, 4) is 11.5 Å². The number of rotatable bonds is 6. The molecule has 1 heterocycles. The van der Waals surface area contributed by atoms with E-state index in [4.69, 9.17) is 9.15 Å². The van der Waals surface area contributed by atoms with Crippen molar-refractivity contribution in [2.45, 2.75) is 25.9 Å². The van der Waals surface area contributed by atoms with Crippen LogP contribution < -0.4 is 0 Å². The van der Waals surface area contributed by atoms with E-state index in [1.54, 1.807) is 13.8 Å². The van der Waals surface area contributed by atoms with E-state index >= 15 is 0 Å². The first-order valence-corrected chi connectivity index (χ1v) is 8.18. The molecule has 8 heteroatoms. The van der Waals surface area contributed by atoms with E-state index in [1.165, 1.54) is 24.3 Å². The fourth-order valence-electron chi connectivity index (χ4n) is 2.43. The first kappa shape index (κ1) is 18.2. The Kier molecular flexibility index (Phi) is 4.98. The summed E-state index contributed by atoms with van der Waals surface area (Å²) in [6.45, 7) is 3.40. The van der Waals surface area contributed by atoms with Crippen LogP contribution in [0.4, 0.5) is 5.69 Å². The molecule has 0 aliphatic heterocycles. The molecule has 8 nitrogen and oxygen atoms in total. The molecule has 3 aromatic rings. The molecule has 0 radical (unpaired) electrons. The number of non-ortho nitro benzene ring substituents is 1. The maximum atomic E-state index is 12.4. The van der Waals surface area contributed by atoms with E-state index in [0.717, 1.165) is 5.56 Å². The lowest BCUT2D eigenvalue weighted by atomic mass is 9.85. The molecule has 0 spiro atoms. The fourth-order valence-corrected chi connectivity index (χ4v) is 2.43. The van der Waals surface area contributed by atoms with Crippen molar-refractivity contribution in [2.75, 3.05) is 0 Å². The standard InChI is InChI=1S/C19H17N3O5/c1-19(2,14-6-4-3-5-7-14)18(23)26-12-16-20-21-17(27-16)13-8-10-15(11-9-13)22(24)25/h3-11H,12H2,1-2H3. The minimum Gasteiger partial charge on any atom is -0.455 e. The molecule has 0 amide bonds. The first-order valence-electron chi connectivity index (χ1n) is 8.18. The Labute approximate surface area is 155 Å². The summed E-state index contributed by atoms with van der Waals surface area (Å²) >= 11 is 0. The fraction of sp³-hybridized carbons (Fsp3) is 0.211. The van der Waals surface area contributed by atoms with Gasteiger partial charge in [-0.15, -0.1) is 10.2 Å². The predicted molar refractivity (Wildman–Crippen MR) is 95.7 cm³/mol. The second kappa shape index (κ2) is 7.36. The van der Waals surface area contributed by atoms with Crippen LogP contribution in [0.2, 0.25) is 0 Å². The maximum absolute atomic E-state index is 12.4. The molecule has 0 saturated carbocycles. The van der Waals surface area contributed by atoms with Gasteiger partial charge in [0.15, 0.2) is 6.61 Å². The average molecular weight is 367 g/mol. The highest BCUT2D eigenvalue weighted by Crippen LogP contribution is 2.25. The highest BCUT2D eigenvalue weighted by molar-refractivity contribution is 5.82. The zero-order chi connectivity index (χ0) is 19.4. The number of esters is 1. The smallest absolute Gasteiger partial charge is 0.316 e. The highest BCUT2D eigenvalue weighted by Gasteiger charge is 2.31. The second-order valence-electron chi connectivity index (χ2n) is 6.37. The van der Waals surface area contributed by atoms with Gasteiger partial charge in [-0.25, -0.2) is 0 Å². The number of nitro benzene ring substituents is 1. The SMILES string of the molecule is CC(C)(C(=O)OCc1nnc(-c2ccc([N+](=O)[O-])cc2)o1)c1ccccc1. The molecule has 0 aliphatic carbocycles. The van der Waals surface area contributed by atoms with Crippen molar-refractivity contribution in [1.29, 1.82) is 0 Å². The van der Waals surface area contributed by atoms with E-state index in [1.807, 2.05) is 30.3 Å². The molecular weight excluding hydrogens is 350 g/mol. The van der Waals surface area contributed by atoms with Gasteiger partial charge in [0.25, 0.3) is 11.6 Å². The van der Waals surface area contributed by atoms with E-state index in [9.17, 15) is 14.9 Å². The number of nitro groups is 1. The molecule has 138 valence electrons. The Hall–Kier alpha value is -3.55. The summed E-state index contributed by atoms with van der Waals surface area (Å²) in [7, 11) is 0. The lowest BCUT2D eigenvalue weighted by Crippen LogP contribution is -2.30. The number of ether oxygens (including phenoxy) is 1. The van der Waals surface area contributed by atoms with Crippen molar-refractivity contribution in [1.82, 2.24) is 10.2 Å². The Morgan fingerprint density at radius 1 is 1.11 bits per heavy atom. The van der Waals surface area contributed by atoms with Crippen molar-refractivity contribution in [3.05, 3.63) is 76.2 Å². The molecule has 1 aromatic heterocycles. The number of aromatic nitrogens is 2.